The van der Waals surface area contributed by atoms with Gasteiger partial charge in [0.2, 0.25) is 5.90 Å². The van der Waals surface area contributed by atoms with Crippen LogP contribution in [0.1, 0.15) is 83.5 Å². The van der Waals surface area contributed by atoms with E-state index in [2.05, 4.69) is 11.0 Å². The molecule has 2 aliphatic carbocycles. The summed E-state index contributed by atoms with van der Waals surface area (Å²) in [6.07, 6.45) is 15.4. The number of carbonyl (C=O) groups excluding carboxylic acids is 1. The van der Waals surface area contributed by atoms with E-state index in [1.807, 2.05) is 0 Å². The molecule has 1 saturated carbocycles. The number of hydrogen-bond donors (Lipinski definition) is 1. The maximum atomic E-state index is 11.4. The molecule has 1 unspecified atom stereocenters. The SMILES string of the molecule is COC1=N[C@H]2C[C@@H](O)CC3=C2C2(C=C1CCCCCCN1CCC(=O)CC1)CCCC[C@@H]2O3. The average molecular weight is 457 g/mol. The van der Waals surface area contributed by atoms with Crippen molar-refractivity contribution in [3.63, 3.8) is 0 Å². The van der Waals surface area contributed by atoms with Gasteiger partial charge in [0.25, 0.3) is 0 Å². The molecule has 0 amide bonds. The van der Waals surface area contributed by atoms with Gasteiger partial charge in [-0.1, -0.05) is 25.3 Å². The Labute approximate surface area is 198 Å². The minimum atomic E-state index is -0.382. The summed E-state index contributed by atoms with van der Waals surface area (Å²) in [6, 6.07) is -0.0213. The molecule has 3 aliphatic heterocycles. The van der Waals surface area contributed by atoms with Gasteiger partial charge in [-0.3, -0.25) is 4.79 Å². The van der Waals surface area contributed by atoms with Gasteiger partial charge in [0.05, 0.1) is 24.7 Å². The van der Waals surface area contributed by atoms with Crippen molar-refractivity contribution in [2.45, 2.75) is 102 Å². The van der Waals surface area contributed by atoms with E-state index >= 15 is 0 Å². The highest BCUT2D eigenvalue weighted by atomic mass is 16.5. The number of hydrogen-bond acceptors (Lipinski definition) is 6. The van der Waals surface area contributed by atoms with Gasteiger partial charge in [0.1, 0.15) is 17.6 Å². The number of likely N-dealkylation sites (tertiary alicyclic amines) is 1. The Morgan fingerprint density at radius 3 is 2.85 bits per heavy atom. The molecular weight excluding hydrogens is 416 g/mol. The molecule has 3 heterocycles. The lowest BCUT2D eigenvalue weighted by molar-refractivity contribution is -0.121. The molecule has 0 aromatic heterocycles. The standard InChI is InChI=1S/C27H40N2O4/c1-32-26-19(8-4-2-3-7-13-29-14-10-20(30)11-15-29)18-27-12-6-5-9-24(27)33-23-17-21(31)16-22(28-26)25(23)27/h18,21-22,24,31H,2-17H2,1H3/t21-,22+,24+,27?/m1/s1. The van der Waals surface area contributed by atoms with Crippen LogP contribution in [0, 0.1) is 5.41 Å². The number of ketones is 1. The van der Waals surface area contributed by atoms with E-state index in [0.717, 1.165) is 69.8 Å². The topological polar surface area (TPSA) is 71.4 Å². The van der Waals surface area contributed by atoms with Crippen LogP contribution < -0.4 is 0 Å². The van der Waals surface area contributed by atoms with Gasteiger partial charge in [-0.05, 0) is 45.1 Å². The quantitative estimate of drug-likeness (QED) is 0.578. The molecule has 1 spiro atoms. The van der Waals surface area contributed by atoms with Gasteiger partial charge in [-0.15, -0.1) is 0 Å². The summed E-state index contributed by atoms with van der Waals surface area (Å²) in [5, 5.41) is 10.5. The van der Waals surface area contributed by atoms with Gasteiger partial charge in [-0.2, -0.15) is 0 Å². The summed E-state index contributed by atoms with van der Waals surface area (Å²) in [5.41, 5.74) is 2.53. The van der Waals surface area contributed by atoms with E-state index in [1.54, 1.807) is 7.11 Å². The molecule has 1 N–H and O–H groups in total. The minimum absolute atomic E-state index is 0.0213. The Balaban J connectivity index is 1.24. The summed E-state index contributed by atoms with van der Waals surface area (Å²) < 4.78 is 12.3. The Morgan fingerprint density at radius 2 is 2.03 bits per heavy atom. The number of ether oxygens (including phenoxy) is 2. The van der Waals surface area contributed by atoms with E-state index in [0.29, 0.717) is 18.6 Å². The number of aliphatic hydroxyl groups is 1. The van der Waals surface area contributed by atoms with Gasteiger partial charge < -0.3 is 19.5 Å². The third-order valence-corrected chi connectivity index (χ3v) is 8.47. The molecule has 6 heteroatoms. The summed E-state index contributed by atoms with van der Waals surface area (Å²) >= 11 is 0. The minimum Gasteiger partial charge on any atom is -0.493 e. The van der Waals surface area contributed by atoms with Crippen molar-refractivity contribution in [1.29, 1.82) is 0 Å². The van der Waals surface area contributed by atoms with Gasteiger partial charge in [-0.25, -0.2) is 4.99 Å². The fraction of sp³-hybridized carbons (Fsp3) is 0.778. The predicted octanol–water partition coefficient (Wildman–Crippen LogP) is 4.32. The maximum Gasteiger partial charge on any atom is 0.211 e. The van der Waals surface area contributed by atoms with E-state index in [-0.39, 0.29) is 23.7 Å². The fourth-order valence-electron chi connectivity index (χ4n) is 6.81. The lowest BCUT2D eigenvalue weighted by Crippen LogP contribution is -2.38. The smallest absolute Gasteiger partial charge is 0.211 e. The molecule has 4 atom stereocenters. The summed E-state index contributed by atoms with van der Waals surface area (Å²) in [7, 11) is 1.73. The molecule has 0 aromatic rings. The Morgan fingerprint density at radius 1 is 1.21 bits per heavy atom. The molecule has 182 valence electrons. The van der Waals surface area contributed by atoms with Crippen molar-refractivity contribution < 1.29 is 19.4 Å². The molecule has 5 aliphatic rings. The Hall–Kier alpha value is -1.66. The van der Waals surface area contributed by atoms with Crippen LogP contribution in [0.25, 0.3) is 0 Å². The molecule has 0 aromatic carbocycles. The monoisotopic (exact) mass is 456 g/mol. The van der Waals surface area contributed by atoms with Crippen LogP contribution in [0.2, 0.25) is 0 Å². The summed E-state index contributed by atoms with van der Waals surface area (Å²) in [5.74, 6) is 2.21. The van der Waals surface area contributed by atoms with Gasteiger partial charge >= 0.3 is 0 Å². The molecular formula is C27H40N2O4. The number of methoxy groups -OCH3 is 1. The molecule has 0 bridgehead atoms. The van der Waals surface area contributed by atoms with Crippen LogP contribution in [0.4, 0.5) is 0 Å². The highest BCUT2D eigenvalue weighted by molar-refractivity contribution is 5.94. The molecule has 33 heavy (non-hydrogen) atoms. The van der Waals surface area contributed by atoms with Crippen molar-refractivity contribution in [1.82, 2.24) is 4.90 Å². The summed E-state index contributed by atoms with van der Waals surface area (Å²) in [6.45, 7) is 3.00. The first-order chi connectivity index (χ1) is 16.1. The number of carbonyl (C=O) groups is 1. The second-order valence-electron chi connectivity index (χ2n) is 10.7. The lowest BCUT2D eigenvalue weighted by Gasteiger charge is -2.39. The van der Waals surface area contributed by atoms with Gasteiger partial charge in [0, 0.05) is 49.9 Å². The second-order valence-corrected chi connectivity index (χ2v) is 10.7. The first kappa shape index (κ1) is 23.1. The van der Waals surface area contributed by atoms with E-state index in [9.17, 15) is 9.90 Å². The zero-order chi connectivity index (χ0) is 22.8. The fourth-order valence-corrected chi connectivity index (χ4v) is 6.81. The number of aliphatic imine (C=N–C) groups is 1. The predicted molar refractivity (Wildman–Crippen MR) is 128 cm³/mol. The number of piperidine rings is 1. The first-order valence-electron chi connectivity index (χ1n) is 13.3. The molecule has 5 rings (SSSR count). The van der Waals surface area contributed by atoms with Crippen molar-refractivity contribution in [3.8, 4) is 0 Å². The zero-order valence-corrected chi connectivity index (χ0v) is 20.2. The normalized spacial score (nSPS) is 34.1. The number of Topliss-reactive ketones (excluding diaryl/α,β-unsaturated/α-hetero) is 1. The van der Waals surface area contributed by atoms with E-state index < -0.39 is 0 Å². The van der Waals surface area contributed by atoms with E-state index in [4.69, 9.17) is 14.5 Å². The zero-order valence-electron chi connectivity index (χ0n) is 20.2. The van der Waals surface area contributed by atoms with Crippen molar-refractivity contribution in [2.75, 3.05) is 26.7 Å². The van der Waals surface area contributed by atoms with Crippen molar-refractivity contribution in [3.05, 3.63) is 23.0 Å². The van der Waals surface area contributed by atoms with Crippen LogP contribution in [0.5, 0.6) is 0 Å². The number of rotatable bonds is 7. The molecule has 0 radical (unpaired) electrons. The highest BCUT2D eigenvalue weighted by Crippen LogP contribution is 2.57. The van der Waals surface area contributed by atoms with Crippen molar-refractivity contribution >= 4 is 11.7 Å². The highest BCUT2D eigenvalue weighted by Gasteiger charge is 2.55. The van der Waals surface area contributed by atoms with Crippen molar-refractivity contribution in [2.24, 2.45) is 10.4 Å². The largest absolute Gasteiger partial charge is 0.493 e. The number of nitrogens with zero attached hydrogens (tertiary/aromatic N) is 2. The average Bonchev–Trinajstić information content (AvgIpc) is 3.06. The maximum absolute atomic E-state index is 11.4. The van der Waals surface area contributed by atoms with E-state index in [1.165, 1.54) is 43.3 Å². The lowest BCUT2D eigenvalue weighted by atomic mass is 9.64. The third-order valence-electron chi connectivity index (χ3n) is 8.47. The molecule has 1 saturated heterocycles. The Kier molecular flexibility index (Phi) is 6.94. The second kappa shape index (κ2) is 9.91. The van der Waals surface area contributed by atoms with Crippen LogP contribution in [0.15, 0.2) is 28.0 Å². The van der Waals surface area contributed by atoms with Crippen LogP contribution >= 0.6 is 0 Å². The number of aliphatic hydroxyl groups excluding tert-OH is 1. The molecule has 6 nitrogen and oxygen atoms in total. The van der Waals surface area contributed by atoms with Crippen LogP contribution in [0.3, 0.4) is 0 Å². The van der Waals surface area contributed by atoms with Crippen LogP contribution in [-0.4, -0.2) is 66.7 Å². The molecule has 2 fully saturated rings. The number of unbranched alkanes of at least 4 members (excludes halogenated alkanes) is 3. The van der Waals surface area contributed by atoms with Gasteiger partial charge in [0.15, 0.2) is 0 Å². The Bertz CT molecular complexity index is 837. The summed E-state index contributed by atoms with van der Waals surface area (Å²) in [4.78, 5) is 18.9. The first-order valence-corrected chi connectivity index (χ1v) is 13.3. The third kappa shape index (κ3) is 4.66. The van der Waals surface area contributed by atoms with Crippen LogP contribution in [-0.2, 0) is 14.3 Å².